The van der Waals surface area contributed by atoms with E-state index in [1.165, 1.54) is 17.2 Å². The van der Waals surface area contributed by atoms with E-state index in [1.807, 2.05) is 0 Å². The van der Waals surface area contributed by atoms with Gasteiger partial charge < -0.3 is 15.2 Å². The van der Waals surface area contributed by atoms with Crippen LogP contribution in [0.25, 0.3) is 0 Å². The van der Waals surface area contributed by atoms with E-state index in [-0.39, 0.29) is 18.4 Å². The number of H-pyrrole nitrogens is 1. The van der Waals surface area contributed by atoms with Crippen molar-refractivity contribution in [3.05, 3.63) is 23.0 Å². The van der Waals surface area contributed by atoms with E-state index in [4.69, 9.17) is 11.6 Å². The molecule has 1 aromatic heterocycles. The third kappa shape index (κ3) is 1.86. The third-order valence-corrected chi connectivity index (χ3v) is 3.67. The molecule has 7 nitrogen and oxygen atoms in total. The summed E-state index contributed by atoms with van der Waals surface area (Å²) >= 11 is 5.75. The number of carbonyl (C=O) groups excluding carboxylic acids is 3. The van der Waals surface area contributed by atoms with Crippen molar-refractivity contribution in [2.24, 2.45) is 0 Å². The Labute approximate surface area is 113 Å². The van der Waals surface area contributed by atoms with Crippen LogP contribution in [0.4, 0.5) is 4.79 Å². The third-order valence-electron chi connectivity index (χ3n) is 3.45. The molecule has 0 aliphatic carbocycles. The Hall–Kier alpha value is -2.02. The van der Waals surface area contributed by atoms with Crippen LogP contribution in [0.3, 0.4) is 0 Å². The van der Waals surface area contributed by atoms with Gasteiger partial charge in [-0.2, -0.15) is 0 Å². The van der Waals surface area contributed by atoms with Crippen LogP contribution in [0.15, 0.2) is 12.3 Å². The van der Waals surface area contributed by atoms with E-state index in [0.717, 1.165) is 0 Å². The van der Waals surface area contributed by atoms with Gasteiger partial charge in [0.2, 0.25) is 0 Å². The van der Waals surface area contributed by atoms with Crippen LogP contribution in [0.1, 0.15) is 16.9 Å². The summed E-state index contributed by atoms with van der Waals surface area (Å²) in [6.45, 7) is 0.573. The lowest BCUT2D eigenvalue weighted by molar-refractivity contribution is -0.123. The summed E-state index contributed by atoms with van der Waals surface area (Å²) in [7, 11) is 0. The Bertz CT molecular complexity index is 584. The van der Waals surface area contributed by atoms with Gasteiger partial charge in [-0.1, -0.05) is 11.6 Å². The van der Waals surface area contributed by atoms with Gasteiger partial charge >= 0.3 is 6.03 Å². The summed E-state index contributed by atoms with van der Waals surface area (Å²) < 4.78 is 0. The lowest BCUT2D eigenvalue weighted by atomic mass is 10.00. The number of rotatable bonds is 1. The highest BCUT2D eigenvalue weighted by Gasteiger charge is 2.51. The fraction of sp³-hybridized carbons (Fsp3) is 0.364. The van der Waals surface area contributed by atoms with Crippen LogP contribution in [0, 0.1) is 0 Å². The number of aromatic amines is 1. The zero-order valence-electron chi connectivity index (χ0n) is 9.83. The largest absolute Gasteiger partial charge is 0.356 e. The summed E-state index contributed by atoms with van der Waals surface area (Å²) in [5.41, 5.74) is -0.616. The summed E-state index contributed by atoms with van der Waals surface area (Å²) in [5, 5.41) is 5.24. The molecule has 0 saturated carbocycles. The molecule has 19 heavy (non-hydrogen) atoms. The molecule has 3 heterocycles. The van der Waals surface area contributed by atoms with Crippen LogP contribution < -0.4 is 10.6 Å². The summed E-state index contributed by atoms with van der Waals surface area (Å²) in [4.78, 5) is 39.4. The molecule has 1 unspecified atom stereocenters. The number of carbonyl (C=O) groups is 3. The number of nitrogens with one attached hydrogen (secondary N) is 3. The van der Waals surface area contributed by atoms with Crippen molar-refractivity contribution in [1.29, 1.82) is 0 Å². The van der Waals surface area contributed by atoms with Crippen LogP contribution in [0.2, 0.25) is 5.02 Å². The average Bonchev–Trinajstić information content (AvgIpc) is 3.01. The Morgan fingerprint density at radius 3 is 2.79 bits per heavy atom. The number of aromatic nitrogens is 1. The van der Waals surface area contributed by atoms with E-state index in [2.05, 4.69) is 15.6 Å². The first-order chi connectivity index (χ1) is 9.00. The minimum Gasteiger partial charge on any atom is -0.356 e. The van der Waals surface area contributed by atoms with E-state index < -0.39 is 11.6 Å². The maximum atomic E-state index is 12.2. The number of hydrogen-bond donors (Lipinski definition) is 3. The highest BCUT2D eigenvalue weighted by molar-refractivity contribution is 6.31. The van der Waals surface area contributed by atoms with Gasteiger partial charge in [0.15, 0.2) is 0 Å². The van der Waals surface area contributed by atoms with Crippen LogP contribution >= 0.6 is 11.6 Å². The van der Waals surface area contributed by atoms with Gasteiger partial charge in [0, 0.05) is 12.7 Å². The number of halogens is 1. The van der Waals surface area contributed by atoms with Gasteiger partial charge in [-0.3, -0.25) is 14.9 Å². The molecule has 1 atom stereocenters. The van der Waals surface area contributed by atoms with E-state index in [1.54, 1.807) is 0 Å². The van der Waals surface area contributed by atoms with E-state index >= 15 is 0 Å². The minimum absolute atomic E-state index is 0.167. The van der Waals surface area contributed by atoms with Crippen molar-refractivity contribution in [3.63, 3.8) is 0 Å². The first-order valence-electron chi connectivity index (χ1n) is 5.77. The normalized spacial score (nSPS) is 25.8. The van der Waals surface area contributed by atoms with Crippen molar-refractivity contribution < 1.29 is 14.4 Å². The Balaban J connectivity index is 1.78. The minimum atomic E-state index is -0.983. The fourth-order valence-corrected chi connectivity index (χ4v) is 2.62. The number of urea groups is 1. The average molecular weight is 283 g/mol. The van der Waals surface area contributed by atoms with Crippen molar-refractivity contribution in [3.8, 4) is 0 Å². The zero-order valence-corrected chi connectivity index (χ0v) is 10.6. The maximum absolute atomic E-state index is 12.2. The van der Waals surface area contributed by atoms with Crippen LogP contribution in [-0.4, -0.2) is 46.4 Å². The molecule has 4 amide bonds. The Kier molecular flexibility index (Phi) is 2.53. The lowest BCUT2D eigenvalue weighted by Crippen LogP contribution is -2.49. The van der Waals surface area contributed by atoms with Crippen molar-refractivity contribution >= 4 is 29.4 Å². The molecule has 2 aliphatic rings. The number of amides is 4. The number of imide groups is 1. The number of hydrogen-bond acceptors (Lipinski definition) is 3. The second-order valence-corrected chi connectivity index (χ2v) is 5.14. The van der Waals surface area contributed by atoms with Gasteiger partial charge in [-0.15, -0.1) is 0 Å². The van der Waals surface area contributed by atoms with E-state index in [0.29, 0.717) is 23.7 Å². The van der Waals surface area contributed by atoms with Crippen LogP contribution in [-0.2, 0) is 4.79 Å². The molecule has 2 aliphatic heterocycles. The van der Waals surface area contributed by atoms with Crippen molar-refractivity contribution in [1.82, 2.24) is 20.5 Å². The van der Waals surface area contributed by atoms with Crippen LogP contribution in [0.5, 0.6) is 0 Å². The molecule has 0 bridgehead atoms. The smallest absolute Gasteiger partial charge is 0.322 e. The fourth-order valence-electron chi connectivity index (χ4n) is 2.46. The van der Waals surface area contributed by atoms with Crippen molar-refractivity contribution in [2.75, 3.05) is 13.1 Å². The number of likely N-dealkylation sites (tertiary alicyclic amines) is 1. The highest BCUT2D eigenvalue weighted by Crippen LogP contribution is 2.26. The molecule has 1 spiro atoms. The Morgan fingerprint density at radius 1 is 1.42 bits per heavy atom. The van der Waals surface area contributed by atoms with Gasteiger partial charge in [-0.25, -0.2) is 4.79 Å². The molecule has 2 saturated heterocycles. The predicted octanol–water partition coefficient (Wildman–Crippen LogP) is 0.0922. The monoisotopic (exact) mass is 282 g/mol. The molecule has 0 aromatic carbocycles. The van der Waals surface area contributed by atoms with Gasteiger partial charge in [0.05, 0.1) is 11.6 Å². The quantitative estimate of drug-likeness (QED) is 0.637. The molecular weight excluding hydrogens is 272 g/mol. The van der Waals surface area contributed by atoms with Gasteiger partial charge in [-0.05, 0) is 12.5 Å². The summed E-state index contributed by atoms with van der Waals surface area (Å²) in [5.74, 6) is -0.616. The Morgan fingerprint density at radius 2 is 2.21 bits per heavy atom. The summed E-state index contributed by atoms with van der Waals surface area (Å²) in [6, 6.07) is 1.02. The lowest BCUT2D eigenvalue weighted by Gasteiger charge is -2.20. The molecule has 3 rings (SSSR count). The molecule has 0 radical (unpaired) electrons. The molecule has 2 fully saturated rings. The molecule has 3 N–H and O–H groups in total. The van der Waals surface area contributed by atoms with Gasteiger partial charge in [0.25, 0.3) is 11.8 Å². The first kappa shape index (κ1) is 12.0. The first-order valence-corrected chi connectivity index (χ1v) is 6.15. The SMILES string of the molecule is O=C1NC(=O)C2(CCN(C(=O)c3cc(Cl)c[nH]3)C2)N1. The second kappa shape index (κ2) is 3.99. The topological polar surface area (TPSA) is 94.3 Å². The molecule has 1 aromatic rings. The second-order valence-electron chi connectivity index (χ2n) is 4.70. The molecule has 8 heteroatoms. The number of nitrogens with zero attached hydrogens (tertiary/aromatic N) is 1. The molecular formula is C11H11ClN4O3. The van der Waals surface area contributed by atoms with Crippen molar-refractivity contribution in [2.45, 2.75) is 12.0 Å². The summed E-state index contributed by atoms with van der Waals surface area (Å²) in [6.07, 6.45) is 1.93. The zero-order chi connectivity index (χ0) is 13.6. The maximum Gasteiger partial charge on any atom is 0.322 e. The molecule has 100 valence electrons. The highest BCUT2D eigenvalue weighted by atomic mass is 35.5. The van der Waals surface area contributed by atoms with E-state index in [9.17, 15) is 14.4 Å². The van der Waals surface area contributed by atoms with Gasteiger partial charge in [0.1, 0.15) is 11.2 Å². The predicted molar refractivity (Wildman–Crippen MR) is 65.7 cm³/mol. The standard InChI is InChI=1S/C11H11ClN4O3/c12-6-3-7(13-4-6)8(17)16-2-1-11(5-16)9(18)14-10(19)15-11/h3-4,13H,1-2,5H2,(H2,14,15,18,19).